The molecule has 0 unspecified atom stereocenters. The number of rotatable bonds is 7. The molecule has 102 valence electrons. The lowest BCUT2D eigenvalue weighted by molar-refractivity contribution is 0.326. The highest BCUT2D eigenvalue weighted by Gasteiger charge is 2.05. The zero-order chi connectivity index (χ0) is 13.5. The van der Waals surface area contributed by atoms with Crippen LogP contribution in [0.1, 0.15) is 25.6 Å². The van der Waals surface area contributed by atoms with E-state index in [1.807, 2.05) is 13.8 Å². The maximum atomic E-state index is 5.30. The van der Waals surface area contributed by atoms with Crippen LogP contribution >= 0.6 is 0 Å². The Labute approximate surface area is 111 Å². The van der Waals surface area contributed by atoms with Gasteiger partial charge in [-0.25, -0.2) is 4.98 Å². The summed E-state index contributed by atoms with van der Waals surface area (Å²) in [5, 5.41) is 6.92. The van der Waals surface area contributed by atoms with E-state index in [-0.39, 0.29) is 0 Å². The van der Waals surface area contributed by atoms with Gasteiger partial charge in [0.05, 0.1) is 6.61 Å². The first kappa shape index (κ1) is 13.3. The summed E-state index contributed by atoms with van der Waals surface area (Å²) in [6.45, 7) is 5.11. The number of hydrogen-bond donors (Lipinski definition) is 1. The Morgan fingerprint density at radius 2 is 2.21 bits per heavy atom. The summed E-state index contributed by atoms with van der Waals surface area (Å²) in [6, 6.07) is 1.72. The van der Waals surface area contributed by atoms with Gasteiger partial charge in [-0.15, -0.1) is 0 Å². The van der Waals surface area contributed by atoms with Gasteiger partial charge in [0, 0.05) is 31.6 Å². The molecule has 0 saturated heterocycles. The molecule has 2 rings (SSSR count). The second-order valence-electron chi connectivity index (χ2n) is 3.79. The molecule has 0 radical (unpaired) electrons. The minimum Gasteiger partial charge on any atom is -0.478 e. The Kier molecular flexibility index (Phi) is 4.66. The average Bonchev–Trinajstić information content (AvgIpc) is 2.88. The fraction of sp³-hybridized carbons (Fsp3) is 0.500. The summed E-state index contributed by atoms with van der Waals surface area (Å²) in [5.74, 6) is 2.43. The largest absolute Gasteiger partial charge is 0.478 e. The molecule has 2 heterocycles. The predicted octanol–water partition coefficient (Wildman–Crippen LogP) is 1.48. The van der Waals surface area contributed by atoms with E-state index in [1.54, 1.807) is 12.3 Å². The van der Waals surface area contributed by atoms with Crippen molar-refractivity contribution in [1.29, 1.82) is 0 Å². The van der Waals surface area contributed by atoms with Gasteiger partial charge in [0.1, 0.15) is 0 Å². The minimum absolute atomic E-state index is 0.529. The van der Waals surface area contributed by atoms with Crippen molar-refractivity contribution in [2.45, 2.75) is 26.7 Å². The monoisotopic (exact) mass is 263 g/mol. The van der Waals surface area contributed by atoms with Gasteiger partial charge >= 0.3 is 0 Å². The van der Waals surface area contributed by atoms with Crippen LogP contribution in [0.3, 0.4) is 0 Å². The molecular weight excluding hydrogens is 246 g/mol. The molecule has 0 aliphatic heterocycles. The quantitative estimate of drug-likeness (QED) is 0.809. The van der Waals surface area contributed by atoms with Crippen molar-refractivity contribution < 1.29 is 9.26 Å². The zero-order valence-electron chi connectivity index (χ0n) is 11.1. The van der Waals surface area contributed by atoms with Gasteiger partial charge in [0.15, 0.2) is 5.82 Å². The summed E-state index contributed by atoms with van der Waals surface area (Å²) >= 11 is 0. The number of nitrogens with one attached hydrogen (secondary N) is 1. The second-order valence-corrected chi connectivity index (χ2v) is 3.79. The van der Waals surface area contributed by atoms with E-state index < -0.39 is 0 Å². The molecule has 2 aromatic heterocycles. The minimum atomic E-state index is 0.529. The lowest BCUT2D eigenvalue weighted by Crippen LogP contribution is -2.08. The fourth-order valence-corrected chi connectivity index (χ4v) is 1.47. The van der Waals surface area contributed by atoms with Crippen molar-refractivity contribution in [2.24, 2.45) is 0 Å². The van der Waals surface area contributed by atoms with Crippen LogP contribution in [0, 0.1) is 0 Å². The molecule has 0 atom stereocenters. The van der Waals surface area contributed by atoms with Gasteiger partial charge in [0.25, 0.3) is 0 Å². The molecule has 0 aliphatic carbocycles. The van der Waals surface area contributed by atoms with Gasteiger partial charge in [-0.2, -0.15) is 9.97 Å². The smallest absolute Gasteiger partial charge is 0.228 e. The van der Waals surface area contributed by atoms with E-state index in [2.05, 4.69) is 25.4 Å². The summed E-state index contributed by atoms with van der Waals surface area (Å²) in [4.78, 5) is 12.5. The predicted molar refractivity (Wildman–Crippen MR) is 69.1 cm³/mol. The summed E-state index contributed by atoms with van der Waals surface area (Å²) in [7, 11) is 0. The van der Waals surface area contributed by atoms with Crippen LogP contribution < -0.4 is 10.1 Å². The number of anilines is 1. The first-order valence-corrected chi connectivity index (χ1v) is 6.33. The number of nitrogens with zero attached hydrogens (tertiary/aromatic N) is 4. The fourth-order valence-electron chi connectivity index (χ4n) is 1.47. The van der Waals surface area contributed by atoms with E-state index >= 15 is 0 Å². The van der Waals surface area contributed by atoms with Crippen molar-refractivity contribution >= 4 is 5.95 Å². The van der Waals surface area contributed by atoms with Crippen LogP contribution in [-0.2, 0) is 12.8 Å². The van der Waals surface area contributed by atoms with Gasteiger partial charge in [0.2, 0.25) is 17.7 Å². The topological polar surface area (TPSA) is 86.0 Å². The molecule has 0 saturated carbocycles. The lowest BCUT2D eigenvalue weighted by Gasteiger charge is -2.05. The molecular formula is C12H17N5O2. The highest BCUT2D eigenvalue weighted by atomic mass is 16.5. The molecule has 1 N–H and O–H groups in total. The Morgan fingerprint density at radius 1 is 1.32 bits per heavy atom. The Hall–Kier alpha value is -2.18. The number of aromatic nitrogens is 4. The maximum absolute atomic E-state index is 5.30. The zero-order valence-corrected chi connectivity index (χ0v) is 11.1. The van der Waals surface area contributed by atoms with Gasteiger partial charge < -0.3 is 14.6 Å². The summed E-state index contributed by atoms with van der Waals surface area (Å²) in [5.41, 5.74) is 0. The first-order valence-electron chi connectivity index (χ1n) is 6.33. The van der Waals surface area contributed by atoms with Crippen molar-refractivity contribution in [3.05, 3.63) is 24.0 Å². The summed E-state index contributed by atoms with van der Waals surface area (Å²) in [6.07, 6.45) is 3.06. The second kappa shape index (κ2) is 6.67. The Bertz CT molecular complexity index is 514. The normalized spacial score (nSPS) is 10.4. The molecule has 0 spiro atoms. The van der Waals surface area contributed by atoms with Crippen LogP contribution in [0.2, 0.25) is 0 Å². The highest BCUT2D eigenvalue weighted by molar-refractivity contribution is 5.27. The van der Waals surface area contributed by atoms with E-state index in [9.17, 15) is 0 Å². The average molecular weight is 263 g/mol. The van der Waals surface area contributed by atoms with Crippen molar-refractivity contribution in [2.75, 3.05) is 18.5 Å². The third kappa shape index (κ3) is 3.90. The van der Waals surface area contributed by atoms with Crippen molar-refractivity contribution in [3.8, 4) is 5.88 Å². The SMILES string of the molecule is CCOc1ccnc(NCCc2nc(CC)no2)n1. The molecule has 0 aliphatic rings. The third-order valence-corrected chi connectivity index (χ3v) is 2.37. The molecule has 19 heavy (non-hydrogen) atoms. The number of ether oxygens (including phenoxy) is 1. The molecule has 0 bridgehead atoms. The van der Waals surface area contributed by atoms with Crippen molar-refractivity contribution in [3.63, 3.8) is 0 Å². The molecule has 0 amide bonds. The molecule has 2 aromatic rings. The van der Waals surface area contributed by atoms with Crippen LogP contribution in [0.25, 0.3) is 0 Å². The van der Waals surface area contributed by atoms with Crippen LogP contribution in [0.5, 0.6) is 5.88 Å². The summed E-state index contributed by atoms with van der Waals surface area (Å²) < 4.78 is 10.4. The van der Waals surface area contributed by atoms with Crippen molar-refractivity contribution in [1.82, 2.24) is 20.1 Å². The van der Waals surface area contributed by atoms with Crippen LogP contribution in [0.15, 0.2) is 16.8 Å². The third-order valence-electron chi connectivity index (χ3n) is 2.37. The van der Waals surface area contributed by atoms with Gasteiger partial charge in [-0.1, -0.05) is 12.1 Å². The molecule has 7 nitrogen and oxygen atoms in total. The number of hydrogen-bond acceptors (Lipinski definition) is 7. The van der Waals surface area contributed by atoms with Crippen LogP contribution in [0.4, 0.5) is 5.95 Å². The molecule has 0 aromatic carbocycles. The Morgan fingerprint density at radius 3 is 2.95 bits per heavy atom. The standard InChI is InChI=1S/C12H17N5O2/c1-3-9-15-11(19-17-9)6-8-14-12-13-7-5-10(16-12)18-4-2/h5,7H,3-4,6,8H2,1-2H3,(H,13,14,16). The first-order chi connectivity index (χ1) is 9.31. The van der Waals surface area contributed by atoms with Crippen LogP contribution in [-0.4, -0.2) is 33.3 Å². The van der Waals surface area contributed by atoms with Gasteiger partial charge in [-0.05, 0) is 6.92 Å². The van der Waals surface area contributed by atoms with E-state index in [4.69, 9.17) is 9.26 Å². The molecule has 7 heteroatoms. The maximum Gasteiger partial charge on any atom is 0.228 e. The lowest BCUT2D eigenvalue weighted by atomic mass is 10.4. The highest BCUT2D eigenvalue weighted by Crippen LogP contribution is 2.08. The van der Waals surface area contributed by atoms with E-state index in [1.165, 1.54) is 0 Å². The Balaban J connectivity index is 1.83. The molecule has 0 fully saturated rings. The van der Waals surface area contributed by atoms with Gasteiger partial charge in [-0.3, -0.25) is 0 Å². The van der Waals surface area contributed by atoms with E-state index in [0.29, 0.717) is 37.3 Å². The van der Waals surface area contributed by atoms with E-state index in [0.717, 1.165) is 12.2 Å². The number of aryl methyl sites for hydroxylation is 1.